The Morgan fingerprint density at radius 3 is 2.79 bits per heavy atom. The summed E-state index contributed by atoms with van der Waals surface area (Å²) in [5.74, 6) is 3.36. The van der Waals surface area contributed by atoms with Crippen molar-refractivity contribution in [1.82, 2.24) is 0 Å². The zero-order valence-electron chi connectivity index (χ0n) is 11.9. The molecule has 0 saturated heterocycles. The van der Waals surface area contributed by atoms with E-state index in [1.807, 2.05) is 19.1 Å². The van der Waals surface area contributed by atoms with Gasteiger partial charge in [0.2, 0.25) is 0 Å². The molecule has 3 nitrogen and oxygen atoms in total. The van der Waals surface area contributed by atoms with E-state index in [4.69, 9.17) is 9.25 Å². The number of oxime groups is 1. The maximum atomic E-state index is 5.97. The highest BCUT2D eigenvalue weighted by Crippen LogP contribution is 2.65. The number of fused-ring (bicyclic) bond motifs is 1. The molecule has 102 valence electrons. The normalized spacial score (nSPS) is 38.8. The van der Waals surface area contributed by atoms with Crippen LogP contribution in [0.2, 0.25) is 0 Å². The molecule has 3 saturated carbocycles. The summed E-state index contributed by atoms with van der Waals surface area (Å²) in [5.41, 5.74) is 1.37. The van der Waals surface area contributed by atoms with Gasteiger partial charge in [0.25, 0.3) is 0 Å². The van der Waals surface area contributed by atoms with Crippen molar-refractivity contribution in [3.63, 3.8) is 0 Å². The van der Waals surface area contributed by atoms with Crippen LogP contribution in [-0.4, -0.2) is 11.3 Å². The average molecular weight is 259 g/mol. The standard InChI is InChI=1S/C16H21NO2/c1-10-4-5-13(18-10)12-9-16(19-17-12)7-6-11-8-14(16)15(11,2)3/h4-5,11,14H,6-9H2,1-3H3/t11-,14+,16?/m0/s1. The molecule has 3 atom stereocenters. The Morgan fingerprint density at radius 2 is 2.16 bits per heavy atom. The molecule has 1 aromatic heterocycles. The molecule has 1 aliphatic heterocycles. The molecule has 5 rings (SSSR count). The Hall–Kier alpha value is -1.25. The van der Waals surface area contributed by atoms with Crippen LogP contribution in [0.1, 0.15) is 51.1 Å². The second-order valence-corrected chi connectivity index (χ2v) is 7.13. The highest BCUT2D eigenvalue weighted by Gasteiger charge is 2.64. The number of aryl methyl sites for hydroxylation is 1. The first-order valence-electron chi connectivity index (χ1n) is 7.33. The van der Waals surface area contributed by atoms with Gasteiger partial charge in [0.15, 0.2) is 5.76 Å². The van der Waals surface area contributed by atoms with E-state index in [2.05, 4.69) is 19.0 Å². The third kappa shape index (κ3) is 1.41. The summed E-state index contributed by atoms with van der Waals surface area (Å²) in [6.45, 7) is 6.76. The topological polar surface area (TPSA) is 34.7 Å². The van der Waals surface area contributed by atoms with E-state index in [1.165, 1.54) is 12.8 Å². The van der Waals surface area contributed by atoms with E-state index < -0.39 is 0 Å². The summed E-state index contributed by atoms with van der Waals surface area (Å²) < 4.78 is 5.69. The molecule has 2 bridgehead atoms. The lowest BCUT2D eigenvalue weighted by Gasteiger charge is -2.62. The minimum absolute atomic E-state index is 0.0473. The van der Waals surface area contributed by atoms with Crippen LogP contribution in [0.4, 0.5) is 0 Å². The molecule has 1 spiro atoms. The fourth-order valence-electron chi connectivity index (χ4n) is 4.53. The summed E-state index contributed by atoms with van der Waals surface area (Å²) >= 11 is 0. The Labute approximate surface area is 114 Å². The second-order valence-electron chi connectivity index (χ2n) is 7.13. The van der Waals surface area contributed by atoms with E-state index in [-0.39, 0.29) is 5.60 Å². The van der Waals surface area contributed by atoms with Crippen molar-refractivity contribution in [2.24, 2.45) is 22.4 Å². The molecule has 3 heteroatoms. The van der Waals surface area contributed by atoms with Crippen LogP contribution >= 0.6 is 0 Å². The van der Waals surface area contributed by atoms with Crippen LogP contribution in [0.3, 0.4) is 0 Å². The lowest BCUT2D eigenvalue weighted by molar-refractivity contribution is -0.214. The van der Waals surface area contributed by atoms with Gasteiger partial charge in [-0.3, -0.25) is 0 Å². The monoisotopic (exact) mass is 259 g/mol. The summed E-state index contributed by atoms with van der Waals surface area (Å²) in [6, 6.07) is 4.00. The van der Waals surface area contributed by atoms with Crippen LogP contribution in [0, 0.1) is 24.2 Å². The molecule has 2 heterocycles. The van der Waals surface area contributed by atoms with E-state index in [1.54, 1.807) is 0 Å². The number of hydrogen-bond acceptors (Lipinski definition) is 3. The highest BCUT2D eigenvalue weighted by molar-refractivity contribution is 5.99. The second kappa shape index (κ2) is 3.44. The first-order valence-corrected chi connectivity index (χ1v) is 7.33. The van der Waals surface area contributed by atoms with Crippen molar-refractivity contribution < 1.29 is 9.25 Å². The quantitative estimate of drug-likeness (QED) is 0.766. The van der Waals surface area contributed by atoms with E-state index >= 15 is 0 Å². The van der Waals surface area contributed by atoms with Crippen molar-refractivity contribution in [1.29, 1.82) is 0 Å². The first kappa shape index (κ1) is 11.6. The van der Waals surface area contributed by atoms with E-state index in [0.717, 1.165) is 36.0 Å². The van der Waals surface area contributed by atoms with Gasteiger partial charge in [0, 0.05) is 12.3 Å². The molecule has 19 heavy (non-hydrogen) atoms. The van der Waals surface area contributed by atoms with Crippen LogP contribution in [0.15, 0.2) is 21.7 Å². The highest BCUT2D eigenvalue weighted by atomic mass is 16.7. The van der Waals surface area contributed by atoms with Gasteiger partial charge < -0.3 is 9.25 Å². The lowest BCUT2D eigenvalue weighted by Crippen LogP contribution is -2.61. The molecule has 1 aromatic rings. The van der Waals surface area contributed by atoms with Crippen LogP contribution in [0.5, 0.6) is 0 Å². The predicted molar refractivity (Wildman–Crippen MR) is 73.0 cm³/mol. The average Bonchev–Trinajstić information content (AvgIpc) is 2.96. The van der Waals surface area contributed by atoms with Gasteiger partial charge in [0.1, 0.15) is 17.1 Å². The third-order valence-corrected chi connectivity index (χ3v) is 5.85. The van der Waals surface area contributed by atoms with Crippen LogP contribution < -0.4 is 0 Å². The maximum Gasteiger partial charge on any atom is 0.152 e. The molecule has 0 N–H and O–H groups in total. The van der Waals surface area contributed by atoms with Gasteiger partial charge in [-0.2, -0.15) is 0 Å². The molecule has 0 amide bonds. The zero-order valence-corrected chi connectivity index (χ0v) is 11.9. The first-order chi connectivity index (χ1) is 9.01. The smallest absolute Gasteiger partial charge is 0.152 e. The van der Waals surface area contributed by atoms with Crippen LogP contribution in [-0.2, 0) is 4.84 Å². The Kier molecular flexibility index (Phi) is 2.09. The van der Waals surface area contributed by atoms with E-state index in [9.17, 15) is 0 Å². The fraction of sp³-hybridized carbons (Fsp3) is 0.688. The molecule has 0 aromatic carbocycles. The van der Waals surface area contributed by atoms with Gasteiger partial charge >= 0.3 is 0 Å². The third-order valence-electron chi connectivity index (χ3n) is 5.85. The maximum absolute atomic E-state index is 5.97. The van der Waals surface area contributed by atoms with Gasteiger partial charge in [-0.25, -0.2) is 0 Å². The zero-order chi connectivity index (χ0) is 13.3. The Morgan fingerprint density at radius 1 is 1.32 bits per heavy atom. The molecule has 4 aliphatic rings. The summed E-state index contributed by atoms with van der Waals surface area (Å²) in [7, 11) is 0. The van der Waals surface area contributed by atoms with Crippen molar-refractivity contribution in [3.8, 4) is 0 Å². The largest absolute Gasteiger partial charge is 0.460 e. The molecule has 0 radical (unpaired) electrons. The molecule has 1 unspecified atom stereocenters. The summed E-state index contributed by atoms with van der Waals surface area (Å²) in [4.78, 5) is 5.97. The summed E-state index contributed by atoms with van der Waals surface area (Å²) in [5, 5.41) is 4.36. The fourth-order valence-corrected chi connectivity index (χ4v) is 4.53. The predicted octanol–water partition coefficient (Wildman–Crippen LogP) is 3.91. The van der Waals surface area contributed by atoms with Crippen molar-refractivity contribution >= 4 is 5.71 Å². The van der Waals surface area contributed by atoms with Gasteiger partial charge in [-0.15, -0.1) is 0 Å². The minimum Gasteiger partial charge on any atom is -0.460 e. The van der Waals surface area contributed by atoms with Crippen molar-refractivity contribution in [2.75, 3.05) is 0 Å². The molecule has 3 fully saturated rings. The Balaban J connectivity index is 1.60. The Bertz CT molecular complexity index is 555. The minimum atomic E-state index is -0.0473. The van der Waals surface area contributed by atoms with E-state index in [0.29, 0.717) is 11.3 Å². The summed E-state index contributed by atoms with van der Waals surface area (Å²) in [6.07, 6.45) is 4.66. The number of hydrogen-bond donors (Lipinski definition) is 0. The molecule has 3 aliphatic carbocycles. The van der Waals surface area contributed by atoms with Gasteiger partial charge in [-0.05, 0) is 49.7 Å². The number of nitrogens with zero attached hydrogens (tertiary/aromatic N) is 1. The van der Waals surface area contributed by atoms with Crippen LogP contribution in [0.25, 0.3) is 0 Å². The lowest BCUT2D eigenvalue weighted by atomic mass is 9.43. The van der Waals surface area contributed by atoms with Crippen molar-refractivity contribution in [3.05, 3.63) is 23.7 Å². The van der Waals surface area contributed by atoms with Gasteiger partial charge in [-0.1, -0.05) is 19.0 Å². The van der Waals surface area contributed by atoms with Crippen molar-refractivity contribution in [2.45, 2.75) is 52.1 Å². The number of rotatable bonds is 1. The molecular formula is C16H21NO2. The SMILES string of the molecule is Cc1ccc(C2=NOC3(CC[C@H]4C[C@@H]3C4(C)C)C2)o1. The van der Waals surface area contributed by atoms with Gasteiger partial charge in [0.05, 0.1) is 0 Å². The molecular weight excluding hydrogens is 238 g/mol. The number of furan rings is 1.